The number of H-pyrrole nitrogens is 1. The van der Waals surface area contributed by atoms with Gasteiger partial charge in [0.15, 0.2) is 0 Å². The molecule has 4 heterocycles. The number of carbonyl (C=O) groups is 2. The van der Waals surface area contributed by atoms with Crippen LogP contribution in [0.4, 0.5) is 0 Å². The van der Waals surface area contributed by atoms with Gasteiger partial charge in [-0.3, -0.25) is 19.3 Å². The van der Waals surface area contributed by atoms with E-state index in [0.29, 0.717) is 50.8 Å². The van der Waals surface area contributed by atoms with Gasteiger partial charge in [-0.2, -0.15) is 0 Å². The minimum atomic E-state index is -0.464. The summed E-state index contributed by atoms with van der Waals surface area (Å²) >= 11 is 0. The van der Waals surface area contributed by atoms with Gasteiger partial charge in [-0.15, -0.1) is 0 Å². The highest BCUT2D eigenvalue weighted by molar-refractivity contribution is 5.86. The van der Waals surface area contributed by atoms with Crippen LogP contribution >= 0.6 is 0 Å². The van der Waals surface area contributed by atoms with E-state index in [0.717, 1.165) is 66.6 Å². The number of pyridine rings is 1. The number of allylic oxidation sites excluding steroid dienone is 3. The van der Waals surface area contributed by atoms with Crippen molar-refractivity contribution >= 4 is 28.9 Å². The zero-order valence-electron chi connectivity index (χ0n) is 29.0. The highest BCUT2D eigenvalue weighted by Gasteiger charge is 2.39. The highest BCUT2D eigenvalue weighted by Crippen LogP contribution is 2.42. The number of likely N-dealkylation sites (tertiary alicyclic amines) is 2. The molecule has 48 heavy (non-hydrogen) atoms. The summed E-state index contributed by atoms with van der Waals surface area (Å²) in [6.45, 7) is 10.6. The number of nitrogens with zero attached hydrogens (tertiary/aromatic N) is 4. The van der Waals surface area contributed by atoms with Gasteiger partial charge in [-0.05, 0) is 106 Å². The van der Waals surface area contributed by atoms with Crippen LogP contribution < -0.4 is 11.3 Å². The van der Waals surface area contributed by atoms with Crippen molar-refractivity contribution in [2.24, 2.45) is 17.1 Å². The zero-order chi connectivity index (χ0) is 34.0. The Balaban J connectivity index is 1.13. The third-order valence-corrected chi connectivity index (χ3v) is 11.5. The van der Waals surface area contributed by atoms with Crippen LogP contribution in [0, 0.1) is 16.7 Å². The molecule has 3 aliphatic heterocycles. The van der Waals surface area contributed by atoms with Crippen molar-refractivity contribution in [2.75, 3.05) is 59.4 Å². The Morgan fingerprint density at radius 1 is 1.02 bits per heavy atom. The molecule has 2 aromatic rings. The summed E-state index contributed by atoms with van der Waals surface area (Å²) in [5.41, 5.74) is 9.84. The number of amides is 2. The van der Waals surface area contributed by atoms with Crippen molar-refractivity contribution in [2.45, 2.75) is 70.8 Å². The third kappa shape index (κ3) is 7.44. The van der Waals surface area contributed by atoms with Gasteiger partial charge in [-0.1, -0.05) is 31.2 Å². The van der Waals surface area contributed by atoms with Gasteiger partial charge in [0.2, 0.25) is 11.8 Å². The van der Waals surface area contributed by atoms with Crippen molar-refractivity contribution in [1.29, 1.82) is 5.41 Å². The van der Waals surface area contributed by atoms with Crippen molar-refractivity contribution in [3.8, 4) is 0 Å². The second-order valence-corrected chi connectivity index (χ2v) is 15.0. The van der Waals surface area contributed by atoms with E-state index in [1.165, 1.54) is 19.1 Å². The molecule has 6 rings (SSSR count). The lowest BCUT2D eigenvalue weighted by Crippen LogP contribution is -2.55. The molecule has 4 aliphatic rings. The molecule has 2 atom stereocenters. The lowest BCUT2D eigenvalue weighted by molar-refractivity contribution is -0.144. The molecule has 10 heteroatoms. The van der Waals surface area contributed by atoms with E-state index < -0.39 is 5.92 Å². The lowest BCUT2D eigenvalue weighted by atomic mass is 9.71. The fourth-order valence-corrected chi connectivity index (χ4v) is 8.68. The Labute approximate surface area is 284 Å². The lowest BCUT2D eigenvalue weighted by Gasteiger charge is -2.43. The summed E-state index contributed by atoms with van der Waals surface area (Å²) in [6, 6.07) is 10.4. The average molecular weight is 656 g/mol. The first-order valence-electron chi connectivity index (χ1n) is 17.8. The number of benzene rings is 1. The summed E-state index contributed by atoms with van der Waals surface area (Å²) in [4.78, 5) is 53.1. The predicted molar refractivity (Wildman–Crippen MR) is 191 cm³/mol. The summed E-state index contributed by atoms with van der Waals surface area (Å²) in [5, 5.41) is 8.98. The molecular formula is C38H53N7O3. The molecular weight excluding hydrogens is 602 g/mol. The largest absolute Gasteiger partial charge is 0.398 e. The Hall–Kier alpha value is -3.76. The topological polar surface area (TPSA) is 130 Å². The van der Waals surface area contributed by atoms with Crippen LogP contribution in [0.3, 0.4) is 0 Å². The average Bonchev–Trinajstić information content (AvgIpc) is 3.09. The Kier molecular flexibility index (Phi) is 10.2. The fourth-order valence-electron chi connectivity index (χ4n) is 8.68. The number of carbonyl (C=O) groups excluding carboxylic acids is 2. The molecule has 3 fully saturated rings. The maximum Gasteiger partial charge on any atom is 0.251 e. The molecule has 2 unspecified atom stereocenters. The van der Waals surface area contributed by atoms with E-state index in [-0.39, 0.29) is 35.1 Å². The van der Waals surface area contributed by atoms with E-state index in [1.807, 2.05) is 47.1 Å². The number of nitrogens with two attached hydrogens (primary N) is 1. The van der Waals surface area contributed by atoms with Crippen LogP contribution in [0.15, 0.2) is 58.0 Å². The first kappa shape index (κ1) is 34.1. The molecule has 1 aromatic heterocycles. The van der Waals surface area contributed by atoms with Gasteiger partial charge in [0.1, 0.15) is 0 Å². The van der Waals surface area contributed by atoms with Crippen LogP contribution in [0.2, 0.25) is 0 Å². The van der Waals surface area contributed by atoms with E-state index >= 15 is 0 Å². The summed E-state index contributed by atoms with van der Waals surface area (Å²) in [5.74, 6) is -0.303. The number of aromatic amines is 1. The van der Waals surface area contributed by atoms with E-state index in [1.54, 1.807) is 0 Å². The number of rotatable bonds is 8. The van der Waals surface area contributed by atoms with Gasteiger partial charge in [-0.25, -0.2) is 0 Å². The summed E-state index contributed by atoms with van der Waals surface area (Å²) in [6.07, 6.45) is 8.52. The fraction of sp³-hybridized carbons (Fsp3) is 0.579. The molecule has 0 radical (unpaired) electrons. The molecule has 0 saturated carbocycles. The summed E-state index contributed by atoms with van der Waals surface area (Å²) in [7, 11) is 2.18. The van der Waals surface area contributed by atoms with Crippen molar-refractivity contribution in [3.63, 3.8) is 0 Å². The SMILES string of the molecule is CC1=CC(C)(CC(CC(=O)N2CCC(c3cc4ccccc4[nH]c3=O)CC2)C(=O)N2CCN(C3CCN(C)CC3)CC2)CC(C=N)=C1N. The van der Waals surface area contributed by atoms with Gasteiger partial charge in [0.25, 0.3) is 5.56 Å². The molecule has 1 aliphatic carbocycles. The first-order chi connectivity index (χ1) is 23.0. The molecule has 258 valence electrons. The molecule has 3 saturated heterocycles. The van der Waals surface area contributed by atoms with Crippen molar-refractivity contribution in [3.05, 3.63) is 69.2 Å². The third-order valence-electron chi connectivity index (χ3n) is 11.5. The van der Waals surface area contributed by atoms with Crippen LogP contribution in [-0.4, -0.2) is 108 Å². The molecule has 1 aromatic carbocycles. The standard InChI is InChI=1S/C38H53N7O3/c1-26-22-38(2,24-30(25-39)35(26)40)23-29(37(48)45-18-16-43(17-19-45)31-10-12-42(3)13-11-31)21-34(46)44-14-8-27(9-15-44)32-20-28-6-4-5-7-33(28)41-36(32)47/h4-7,20,22,25,27,29,31,39H,8-19,21,23-24,40H2,1-3H3,(H,41,47). The predicted octanol–water partition coefficient (Wildman–Crippen LogP) is 4.09. The zero-order valence-corrected chi connectivity index (χ0v) is 29.0. The van der Waals surface area contributed by atoms with Gasteiger partial charge in [0.05, 0.1) is 0 Å². The Morgan fingerprint density at radius 3 is 2.40 bits per heavy atom. The van der Waals surface area contributed by atoms with Crippen LogP contribution in [0.1, 0.15) is 70.3 Å². The normalized spacial score (nSPS) is 24.5. The van der Waals surface area contributed by atoms with Gasteiger partial charge < -0.3 is 30.8 Å². The number of aromatic nitrogens is 1. The van der Waals surface area contributed by atoms with Crippen LogP contribution in [0.5, 0.6) is 0 Å². The van der Waals surface area contributed by atoms with Gasteiger partial charge in [0, 0.05) is 80.6 Å². The number of nitrogens with one attached hydrogen (secondary N) is 2. The van der Waals surface area contributed by atoms with E-state index in [4.69, 9.17) is 11.1 Å². The number of hydrogen-bond donors (Lipinski definition) is 3. The van der Waals surface area contributed by atoms with E-state index in [2.05, 4.69) is 34.8 Å². The molecule has 0 bridgehead atoms. The van der Waals surface area contributed by atoms with Crippen molar-refractivity contribution < 1.29 is 9.59 Å². The second kappa shape index (κ2) is 14.4. The van der Waals surface area contributed by atoms with Crippen LogP contribution in [0.25, 0.3) is 10.9 Å². The molecule has 4 N–H and O–H groups in total. The number of piperidine rings is 2. The summed E-state index contributed by atoms with van der Waals surface area (Å²) < 4.78 is 0. The monoisotopic (exact) mass is 655 g/mol. The molecule has 2 amide bonds. The van der Waals surface area contributed by atoms with Crippen molar-refractivity contribution in [1.82, 2.24) is 24.6 Å². The number of piperazine rings is 1. The second-order valence-electron chi connectivity index (χ2n) is 15.0. The molecule has 0 spiro atoms. The number of para-hydroxylation sites is 1. The minimum absolute atomic E-state index is 0.00614. The van der Waals surface area contributed by atoms with Gasteiger partial charge >= 0.3 is 0 Å². The number of fused-ring (bicyclic) bond motifs is 1. The minimum Gasteiger partial charge on any atom is -0.398 e. The first-order valence-corrected chi connectivity index (χ1v) is 17.8. The smallest absolute Gasteiger partial charge is 0.251 e. The Morgan fingerprint density at radius 2 is 1.71 bits per heavy atom. The Bertz CT molecular complexity index is 1640. The quantitative estimate of drug-likeness (QED) is 0.368. The molecule has 10 nitrogen and oxygen atoms in total. The van der Waals surface area contributed by atoms with E-state index in [9.17, 15) is 14.4 Å². The highest BCUT2D eigenvalue weighted by atomic mass is 16.2. The maximum absolute atomic E-state index is 14.3. The maximum atomic E-state index is 14.3. The number of hydrogen-bond acceptors (Lipinski definition) is 7. The van der Waals surface area contributed by atoms with Crippen LogP contribution in [-0.2, 0) is 9.59 Å².